The normalized spacial score (nSPS) is 19.0. The molecule has 2 heterocycles. The fourth-order valence-electron chi connectivity index (χ4n) is 4.13. The molecular formula is C22H25FN2O2. The summed E-state index contributed by atoms with van der Waals surface area (Å²) in [5.74, 6) is 0.440. The Morgan fingerprint density at radius 2 is 1.89 bits per heavy atom. The molecule has 1 atom stereocenters. The summed E-state index contributed by atoms with van der Waals surface area (Å²) in [5, 5.41) is 13.4. The smallest absolute Gasteiger partial charge is 0.228 e. The number of carbonyl (C=O) groups excluding carboxylic acids is 1. The number of halogens is 1. The van der Waals surface area contributed by atoms with Crippen LogP contribution < -0.4 is 5.32 Å². The maximum absolute atomic E-state index is 13.0. The molecule has 0 radical (unpaired) electrons. The van der Waals surface area contributed by atoms with E-state index in [0.29, 0.717) is 18.9 Å². The first-order chi connectivity index (χ1) is 13.1. The van der Waals surface area contributed by atoms with Crippen molar-refractivity contribution in [2.75, 3.05) is 25.0 Å². The minimum Gasteiger partial charge on any atom is -0.387 e. The molecule has 0 saturated carbocycles. The van der Waals surface area contributed by atoms with Gasteiger partial charge in [-0.15, -0.1) is 0 Å². The minimum absolute atomic E-state index is 0.0138. The molecule has 4 rings (SSSR count). The van der Waals surface area contributed by atoms with Gasteiger partial charge in [0.05, 0.1) is 12.5 Å². The molecule has 0 aromatic heterocycles. The average molecular weight is 368 g/mol. The number of aliphatic hydroxyl groups is 1. The van der Waals surface area contributed by atoms with Crippen LogP contribution in [0.15, 0.2) is 42.5 Å². The fourth-order valence-corrected chi connectivity index (χ4v) is 4.13. The maximum atomic E-state index is 13.0. The molecule has 2 N–H and O–H groups in total. The number of nitrogens with zero attached hydrogens (tertiary/aromatic N) is 1. The molecule has 4 nitrogen and oxygen atoms in total. The van der Waals surface area contributed by atoms with E-state index in [0.717, 1.165) is 49.2 Å². The molecule has 2 aliphatic heterocycles. The number of rotatable bonds is 5. The summed E-state index contributed by atoms with van der Waals surface area (Å²) >= 11 is 0. The Labute approximate surface area is 159 Å². The summed E-state index contributed by atoms with van der Waals surface area (Å²) in [7, 11) is 0. The van der Waals surface area contributed by atoms with Crippen LogP contribution in [0, 0.1) is 11.7 Å². The van der Waals surface area contributed by atoms with E-state index in [2.05, 4.69) is 10.2 Å². The molecule has 1 unspecified atom stereocenters. The molecule has 142 valence electrons. The van der Waals surface area contributed by atoms with Gasteiger partial charge >= 0.3 is 0 Å². The first-order valence-electron chi connectivity index (χ1n) is 9.64. The summed E-state index contributed by atoms with van der Waals surface area (Å²) in [6, 6.07) is 12.5. The van der Waals surface area contributed by atoms with Crippen molar-refractivity contribution in [3.05, 3.63) is 65.0 Å². The molecule has 0 spiro atoms. The van der Waals surface area contributed by atoms with Crippen LogP contribution in [0.3, 0.4) is 0 Å². The number of likely N-dealkylation sites (tertiary alicyclic amines) is 1. The lowest BCUT2D eigenvalue weighted by Crippen LogP contribution is -2.37. The minimum atomic E-state index is -0.542. The van der Waals surface area contributed by atoms with E-state index >= 15 is 0 Å². The largest absolute Gasteiger partial charge is 0.387 e. The lowest BCUT2D eigenvalue weighted by molar-refractivity contribution is -0.115. The number of nitrogens with one attached hydrogen (secondary N) is 1. The van der Waals surface area contributed by atoms with Crippen LogP contribution in [0.1, 0.15) is 35.6 Å². The van der Waals surface area contributed by atoms with E-state index < -0.39 is 6.10 Å². The second-order valence-corrected chi connectivity index (χ2v) is 7.73. The molecule has 0 aliphatic carbocycles. The number of hydrogen-bond donors (Lipinski definition) is 2. The van der Waals surface area contributed by atoms with E-state index in [1.165, 1.54) is 17.7 Å². The zero-order chi connectivity index (χ0) is 18.8. The molecular weight excluding hydrogens is 343 g/mol. The number of hydrogen-bond acceptors (Lipinski definition) is 3. The summed E-state index contributed by atoms with van der Waals surface area (Å²) in [5.41, 5.74) is 3.89. The summed E-state index contributed by atoms with van der Waals surface area (Å²) < 4.78 is 13.0. The SMILES string of the molecule is O=C1Cc2cc(C(O)CN3CCC(Cc4ccc(F)cc4)CC3)ccc2N1. The molecule has 2 aromatic carbocycles. The summed E-state index contributed by atoms with van der Waals surface area (Å²) in [6.07, 6.45) is 3.02. The highest BCUT2D eigenvalue weighted by Gasteiger charge is 2.23. The van der Waals surface area contributed by atoms with Gasteiger partial charge in [0.1, 0.15) is 5.82 Å². The van der Waals surface area contributed by atoms with Crippen LogP contribution >= 0.6 is 0 Å². The van der Waals surface area contributed by atoms with Crippen LogP contribution in [0.2, 0.25) is 0 Å². The van der Waals surface area contributed by atoms with Crippen molar-refractivity contribution in [3.8, 4) is 0 Å². The highest BCUT2D eigenvalue weighted by Crippen LogP contribution is 2.28. The van der Waals surface area contributed by atoms with Gasteiger partial charge in [0.15, 0.2) is 0 Å². The van der Waals surface area contributed by atoms with E-state index in [1.54, 1.807) is 0 Å². The van der Waals surface area contributed by atoms with Crippen molar-refractivity contribution in [3.63, 3.8) is 0 Å². The highest BCUT2D eigenvalue weighted by atomic mass is 19.1. The van der Waals surface area contributed by atoms with Crippen molar-refractivity contribution < 1.29 is 14.3 Å². The molecule has 27 heavy (non-hydrogen) atoms. The van der Waals surface area contributed by atoms with Gasteiger partial charge in [-0.25, -0.2) is 4.39 Å². The van der Waals surface area contributed by atoms with Gasteiger partial charge in [-0.2, -0.15) is 0 Å². The predicted octanol–water partition coefficient (Wildman–Crippen LogP) is 3.31. The number of anilines is 1. The quantitative estimate of drug-likeness (QED) is 0.851. The summed E-state index contributed by atoms with van der Waals surface area (Å²) in [6.45, 7) is 2.55. The molecule has 5 heteroatoms. The number of carbonyl (C=O) groups is 1. The molecule has 2 aromatic rings. The third kappa shape index (κ3) is 4.37. The van der Waals surface area contributed by atoms with Crippen LogP contribution in [-0.2, 0) is 17.6 Å². The van der Waals surface area contributed by atoms with Gasteiger partial charge in [0, 0.05) is 12.2 Å². The van der Waals surface area contributed by atoms with Crippen molar-refractivity contribution in [2.45, 2.75) is 31.8 Å². The van der Waals surface area contributed by atoms with Gasteiger partial charge in [0.2, 0.25) is 5.91 Å². The highest BCUT2D eigenvalue weighted by molar-refractivity contribution is 5.99. The number of aliphatic hydroxyl groups excluding tert-OH is 1. The average Bonchev–Trinajstić information content (AvgIpc) is 3.04. The van der Waals surface area contributed by atoms with Crippen LogP contribution in [0.25, 0.3) is 0 Å². The topological polar surface area (TPSA) is 52.6 Å². The lowest BCUT2D eigenvalue weighted by atomic mass is 9.90. The van der Waals surface area contributed by atoms with E-state index in [4.69, 9.17) is 0 Å². The van der Waals surface area contributed by atoms with E-state index in [9.17, 15) is 14.3 Å². The Kier molecular flexibility index (Phi) is 5.23. The van der Waals surface area contributed by atoms with Crippen molar-refractivity contribution in [2.24, 2.45) is 5.92 Å². The number of benzene rings is 2. The fraction of sp³-hybridized carbons (Fsp3) is 0.409. The monoisotopic (exact) mass is 368 g/mol. The first kappa shape index (κ1) is 18.1. The third-order valence-corrected chi connectivity index (χ3v) is 5.72. The second-order valence-electron chi connectivity index (χ2n) is 7.73. The number of β-amino-alcohol motifs (C(OH)–C–C–N with tert-alkyl or cyclic N) is 1. The van der Waals surface area contributed by atoms with Gasteiger partial charge in [-0.05, 0) is 73.2 Å². The Hall–Kier alpha value is -2.24. The van der Waals surface area contributed by atoms with Crippen molar-refractivity contribution in [1.82, 2.24) is 4.90 Å². The maximum Gasteiger partial charge on any atom is 0.228 e. The zero-order valence-corrected chi connectivity index (χ0v) is 15.3. The zero-order valence-electron chi connectivity index (χ0n) is 15.3. The van der Waals surface area contributed by atoms with Crippen LogP contribution in [0.4, 0.5) is 10.1 Å². The number of amides is 1. The van der Waals surface area contributed by atoms with Gasteiger partial charge in [0.25, 0.3) is 0 Å². The van der Waals surface area contributed by atoms with Crippen molar-refractivity contribution in [1.29, 1.82) is 0 Å². The van der Waals surface area contributed by atoms with Crippen molar-refractivity contribution >= 4 is 11.6 Å². The second kappa shape index (κ2) is 7.79. The van der Waals surface area contributed by atoms with E-state index in [1.807, 2.05) is 30.3 Å². The predicted molar refractivity (Wildman–Crippen MR) is 103 cm³/mol. The Bertz CT molecular complexity index is 814. The van der Waals surface area contributed by atoms with Crippen LogP contribution in [0.5, 0.6) is 0 Å². The Morgan fingerprint density at radius 3 is 2.63 bits per heavy atom. The van der Waals surface area contributed by atoms with Gasteiger partial charge < -0.3 is 15.3 Å². The molecule has 1 saturated heterocycles. The standard InChI is InChI=1S/C22H25FN2O2/c23-19-4-1-15(2-5-19)11-16-7-9-25(10-8-16)14-21(26)17-3-6-20-18(12-17)13-22(27)24-20/h1-6,12,16,21,26H,7-11,13-14H2,(H,24,27). The molecule has 2 aliphatic rings. The molecule has 0 bridgehead atoms. The molecule has 1 fully saturated rings. The third-order valence-electron chi connectivity index (χ3n) is 5.72. The molecule has 1 amide bonds. The number of fused-ring (bicyclic) bond motifs is 1. The van der Waals surface area contributed by atoms with Gasteiger partial charge in [-0.1, -0.05) is 24.3 Å². The van der Waals surface area contributed by atoms with E-state index in [-0.39, 0.29) is 11.7 Å². The Balaban J connectivity index is 1.28. The summed E-state index contributed by atoms with van der Waals surface area (Å²) in [4.78, 5) is 13.8. The lowest BCUT2D eigenvalue weighted by Gasteiger charge is -2.33. The number of piperidine rings is 1. The Morgan fingerprint density at radius 1 is 1.15 bits per heavy atom. The first-order valence-corrected chi connectivity index (χ1v) is 9.64. The van der Waals surface area contributed by atoms with Crippen LogP contribution in [-0.4, -0.2) is 35.5 Å². The van der Waals surface area contributed by atoms with Gasteiger partial charge in [-0.3, -0.25) is 4.79 Å².